The number of hydrogen-bond donors (Lipinski definition) is 2. The van der Waals surface area contributed by atoms with Gasteiger partial charge >= 0.3 is 0 Å². The van der Waals surface area contributed by atoms with E-state index >= 15 is 0 Å². The van der Waals surface area contributed by atoms with E-state index in [0.29, 0.717) is 12.5 Å². The van der Waals surface area contributed by atoms with Gasteiger partial charge in [0, 0.05) is 12.0 Å². The Morgan fingerprint density at radius 2 is 2.06 bits per heavy atom. The van der Waals surface area contributed by atoms with Crippen molar-refractivity contribution >= 4 is 5.91 Å². The summed E-state index contributed by atoms with van der Waals surface area (Å²) in [5.41, 5.74) is 5.82. The number of hydrogen-bond acceptors (Lipinski definition) is 2. The Bertz CT molecular complexity index is 245. The van der Waals surface area contributed by atoms with Crippen LogP contribution in [0.3, 0.4) is 0 Å². The van der Waals surface area contributed by atoms with Gasteiger partial charge in [-0.3, -0.25) is 4.79 Å². The molecule has 1 amide bonds. The predicted molar refractivity (Wildman–Crippen MR) is 66.9 cm³/mol. The van der Waals surface area contributed by atoms with Gasteiger partial charge in [0.2, 0.25) is 5.91 Å². The van der Waals surface area contributed by atoms with Crippen LogP contribution in [-0.2, 0) is 4.79 Å². The van der Waals surface area contributed by atoms with Crippen LogP contribution in [0.1, 0.15) is 47.0 Å². The van der Waals surface area contributed by atoms with Crippen LogP contribution in [0.2, 0.25) is 0 Å². The molecule has 0 spiro atoms. The number of amides is 1. The van der Waals surface area contributed by atoms with Crippen molar-refractivity contribution in [3.8, 4) is 0 Å². The van der Waals surface area contributed by atoms with Gasteiger partial charge in [-0.1, -0.05) is 27.2 Å². The van der Waals surface area contributed by atoms with Gasteiger partial charge in [0.25, 0.3) is 0 Å². The zero-order valence-corrected chi connectivity index (χ0v) is 11.0. The summed E-state index contributed by atoms with van der Waals surface area (Å²) in [6, 6.07) is 0.207. The molecule has 0 saturated heterocycles. The first-order valence-electron chi connectivity index (χ1n) is 6.36. The van der Waals surface area contributed by atoms with Crippen LogP contribution < -0.4 is 11.1 Å². The summed E-state index contributed by atoms with van der Waals surface area (Å²) >= 11 is 0. The van der Waals surface area contributed by atoms with Gasteiger partial charge < -0.3 is 11.1 Å². The van der Waals surface area contributed by atoms with Crippen molar-refractivity contribution in [1.29, 1.82) is 0 Å². The molecule has 1 aliphatic carbocycles. The lowest BCUT2D eigenvalue weighted by Gasteiger charge is -2.30. The SMILES string of the molecule is CC(NC(=O)C1CCCC1CN)C(C)(C)C. The lowest BCUT2D eigenvalue weighted by Crippen LogP contribution is -2.45. The molecular weight excluding hydrogens is 200 g/mol. The molecule has 0 bridgehead atoms. The second kappa shape index (κ2) is 5.17. The molecule has 94 valence electrons. The zero-order valence-electron chi connectivity index (χ0n) is 11.0. The van der Waals surface area contributed by atoms with E-state index in [1.165, 1.54) is 0 Å². The largest absolute Gasteiger partial charge is 0.353 e. The Balaban J connectivity index is 2.52. The van der Waals surface area contributed by atoms with Gasteiger partial charge in [-0.05, 0) is 37.6 Å². The highest BCUT2D eigenvalue weighted by molar-refractivity contribution is 5.79. The van der Waals surface area contributed by atoms with Crippen molar-refractivity contribution in [3.05, 3.63) is 0 Å². The van der Waals surface area contributed by atoms with Gasteiger partial charge in [-0.15, -0.1) is 0 Å². The topological polar surface area (TPSA) is 55.1 Å². The highest BCUT2D eigenvalue weighted by atomic mass is 16.2. The predicted octanol–water partition coefficient (Wildman–Crippen LogP) is 1.91. The van der Waals surface area contributed by atoms with Crippen LogP contribution in [0.25, 0.3) is 0 Å². The Kier molecular flexibility index (Phi) is 4.36. The summed E-state index contributed by atoms with van der Waals surface area (Å²) in [4.78, 5) is 12.1. The third kappa shape index (κ3) is 3.21. The van der Waals surface area contributed by atoms with Crippen molar-refractivity contribution in [2.75, 3.05) is 6.54 Å². The van der Waals surface area contributed by atoms with Gasteiger partial charge in [0.05, 0.1) is 0 Å². The van der Waals surface area contributed by atoms with E-state index in [-0.39, 0.29) is 23.3 Å². The average molecular weight is 226 g/mol. The molecule has 3 nitrogen and oxygen atoms in total. The van der Waals surface area contributed by atoms with Crippen LogP contribution in [0.4, 0.5) is 0 Å². The number of rotatable bonds is 3. The number of carbonyl (C=O) groups excluding carboxylic acids is 1. The van der Waals surface area contributed by atoms with Crippen molar-refractivity contribution < 1.29 is 4.79 Å². The molecule has 0 aromatic heterocycles. The molecule has 1 saturated carbocycles. The Morgan fingerprint density at radius 3 is 2.56 bits per heavy atom. The summed E-state index contributed by atoms with van der Waals surface area (Å²) < 4.78 is 0. The molecule has 0 aromatic carbocycles. The molecule has 1 rings (SSSR count). The molecule has 3 heteroatoms. The maximum Gasteiger partial charge on any atom is 0.223 e. The minimum Gasteiger partial charge on any atom is -0.353 e. The van der Waals surface area contributed by atoms with Gasteiger partial charge in [-0.25, -0.2) is 0 Å². The molecule has 1 aliphatic rings. The molecule has 3 atom stereocenters. The summed E-state index contributed by atoms with van der Waals surface area (Å²) in [5.74, 6) is 0.748. The second-order valence-electron chi connectivity index (χ2n) is 6.13. The maximum atomic E-state index is 12.1. The Labute approximate surface area is 99.2 Å². The Morgan fingerprint density at radius 1 is 1.44 bits per heavy atom. The maximum absolute atomic E-state index is 12.1. The van der Waals surface area contributed by atoms with Crippen molar-refractivity contribution in [2.24, 2.45) is 23.0 Å². The lowest BCUT2D eigenvalue weighted by molar-refractivity contribution is -0.127. The van der Waals surface area contributed by atoms with Crippen molar-refractivity contribution in [3.63, 3.8) is 0 Å². The third-order valence-electron chi connectivity index (χ3n) is 3.96. The van der Waals surface area contributed by atoms with Crippen LogP contribution in [0.5, 0.6) is 0 Å². The second-order valence-corrected chi connectivity index (χ2v) is 6.13. The van der Waals surface area contributed by atoms with Crippen molar-refractivity contribution in [1.82, 2.24) is 5.32 Å². The first kappa shape index (κ1) is 13.5. The molecule has 0 radical (unpaired) electrons. The molecule has 3 N–H and O–H groups in total. The van der Waals surface area contributed by atoms with Crippen LogP contribution >= 0.6 is 0 Å². The molecule has 1 fully saturated rings. The molecular formula is C13H26N2O. The fraction of sp³-hybridized carbons (Fsp3) is 0.923. The first-order valence-corrected chi connectivity index (χ1v) is 6.36. The monoisotopic (exact) mass is 226 g/mol. The minimum absolute atomic E-state index is 0.118. The average Bonchev–Trinajstić information content (AvgIpc) is 2.63. The summed E-state index contributed by atoms with van der Waals surface area (Å²) in [7, 11) is 0. The molecule has 3 unspecified atom stereocenters. The molecule has 16 heavy (non-hydrogen) atoms. The van der Waals surface area contributed by atoms with Crippen LogP contribution in [-0.4, -0.2) is 18.5 Å². The summed E-state index contributed by atoms with van der Waals surface area (Å²) in [6.45, 7) is 9.15. The fourth-order valence-corrected chi connectivity index (χ4v) is 2.20. The highest BCUT2D eigenvalue weighted by Crippen LogP contribution is 2.31. The van der Waals surface area contributed by atoms with E-state index < -0.39 is 0 Å². The van der Waals surface area contributed by atoms with Gasteiger partial charge in [0.1, 0.15) is 0 Å². The molecule has 0 aromatic rings. The Hall–Kier alpha value is -0.570. The van der Waals surface area contributed by atoms with Crippen molar-refractivity contribution in [2.45, 2.75) is 53.0 Å². The van der Waals surface area contributed by atoms with E-state index in [0.717, 1.165) is 19.3 Å². The smallest absolute Gasteiger partial charge is 0.223 e. The third-order valence-corrected chi connectivity index (χ3v) is 3.96. The minimum atomic E-state index is 0.118. The van der Waals surface area contributed by atoms with E-state index in [4.69, 9.17) is 5.73 Å². The number of nitrogens with one attached hydrogen (secondary N) is 1. The zero-order chi connectivity index (χ0) is 12.3. The summed E-state index contributed by atoms with van der Waals surface area (Å²) in [6.07, 6.45) is 3.26. The van der Waals surface area contributed by atoms with Crippen LogP contribution in [0.15, 0.2) is 0 Å². The van der Waals surface area contributed by atoms with E-state index in [2.05, 4.69) is 33.0 Å². The van der Waals surface area contributed by atoms with Gasteiger partial charge in [0.15, 0.2) is 0 Å². The highest BCUT2D eigenvalue weighted by Gasteiger charge is 2.33. The van der Waals surface area contributed by atoms with E-state index in [1.807, 2.05) is 0 Å². The summed E-state index contributed by atoms with van der Waals surface area (Å²) in [5, 5.41) is 3.13. The van der Waals surface area contributed by atoms with E-state index in [1.54, 1.807) is 0 Å². The quantitative estimate of drug-likeness (QED) is 0.772. The standard InChI is InChI=1S/C13H26N2O/c1-9(13(2,3)4)15-12(16)11-7-5-6-10(11)8-14/h9-11H,5-8,14H2,1-4H3,(H,15,16). The lowest BCUT2D eigenvalue weighted by atomic mass is 9.87. The molecule has 0 aliphatic heterocycles. The number of carbonyl (C=O) groups is 1. The first-order chi connectivity index (χ1) is 7.36. The van der Waals surface area contributed by atoms with Gasteiger partial charge in [-0.2, -0.15) is 0 Å². The van der Waals surface area contributed by atoms with Crippen LogP contribution in [0, 0.1) is 17.3 Å². The fourth-order valence-electron chi connectivity index (χ4n) is 2.20. The number of nitrogens with two attached hydrogens (primary N) is 1. The van der Waals surface area contributed by atoms with E-state index in [9.17, 15) is 4.79 Å². The normalized spacial score (nSPS) is 27.8. The molecule has 0 heterocycles.